The standard InChI is InChI=1S/C49H34N4O.Pt/c1-50-33-51(46-28-11-10-27-45(46)50)38-20-12-22-40(31-38)54-41-23-13-21-39(32-41)52-34-53(49-44-24-9-8-19-37(44)29-30-47(49)52)48-42(35-15-4-2-5-16-35)25-14-26-43(48)36-17-6-3-7-18-36;/h2-30,33-34H,1H3;/q-4;+4. The molecule has 0 unspecified atom stereocenters. The number of rotatable bonds is 7. The molecule has 0 aromatic heterocycles. The fourth-order valence-electron chi connectivity index (χ4n) is 7.64. The zero-order valence-corrected chi connectivity index (χ0v) is 32.2. The molecule has 8 aromatic rings. The SMILES string of the molecule is CN1[CH-]N(c2[c-]c(Oc3[c-]c(N4[CH-]N(c5c(-c6ccccc6)cccc5-c5ccccc5)c5c4ccc4ccccc54)ccc3)ccc2)c2ccccc21.[Pt+4]. The number of hydrogen-bond donors (Lipinski definition) is 0. The van der Waals surface area contributed by atoms with Crippen LogP contribution in [0.25, 0.3) is 33.0 Å². The van der Waals surface area contributed by atoms with Gasteiger partial charge in [0, 0.05) is 56.4 Å². The molecule has 0 radical (unpaired) electrons. The second kappa shape index (κ2) is 14.5. The maximum atomic E-state index is 6.50. The maximum absolute atomic E-state index is 6.50. The first kappa shape index (κ1) is 34.5. The van der Waals surface area contributed by atoms with Crippen LogP contribution in [0.3, 0.4) is 0 Å². The third-order valence-corrected chi connectivity index (χ3v) is 10.1. The number of fused-ring (bicyclic) bond motifs is 4. The quantitative estimate of drug-likeness (QED) is 0.148. The van der Waals surface area contributed by atoms with Crippen LogP contribution in [-0.4, -0.2) is 7.05 Å². The summed E-state index contributed by atoms with van der Waals surface area (Å²) in [6.07, 6.45) is 0. The fourth-order valence-corrected chi connectivity index (χ4v) is 7.64. The number of benzene rings is 8. The number of ether oxygens (including phenoxy) is 1. The molecule has 0 atom stereocenters. The first-order valence-electron chi connectivity index (χ1n) is 18.1. The topological polar surface area (TPSA) is 22.2 Å². The molecule has 5 nitrogen and oxygen atoms in total. The summed E-state index contributed by atoms with van der Waals surface area (Å²) in [5.41, 5.74) is 11.9. The first-order valence-corrected chi connectivity index (χ1v) is 18.1. The van der Waals surface area contributed by atoms with E-state index in [2.05, 4.69) is 198 Å². The molecular formula is C49H34N4OPt. The maximum Gasteiger partial charge on any atom is 4.00 e. The van der Waals surface area contributed by atoms with Crippen LogP contribution in [0.5, 0.6) is 11.5 Å². The minimum Gasteiger partial charge on any atom is -0.509 e. The van der Waals surface area contributed by atoms with Crippen LogP contribution in [-0.2, 0) is 21.1 Å². The van der Waals surface area contributed by atoms with E-state index in [0.29, 0.717) is 11.5 Å². The smallest absolute Gasteiger partial charge is 0.509 e. The van der Waals surface area contributed by atoms with E-state index in [0.717, 1.165) is 62.1 Å². The van der Waals surface area contributed by atoms with E-state index in [4.69, 9.17) is 4.74 Å². The Bertz CT molecular complexity index is 2590. The van der Waals surface area contributed by atoms with Gasteiger partial charge in [0.05, 0.1) is 0 Å². The van der Waals surface area contributed by atoms with Gasteiger partial charge in [-0.15, -0.1) is 54.4 Å². The van der Waals surface area contributed by atoms with Crippen LogP contribution in [0.1, 0.15) is 0 Å². The van der Waals surface area contributed by atoms with Gasteiger partial charge >= 0.3 is 21.1 Å². The Morgan fingerprint density at radius 3 is 1.64 bits per heavy atom. The Morgan fingerprint density at radius 1 is 0.436 bits per heavy atom. The van der Waals surface area contributed by atoms with Crippen molar-refractivity contribution in [1.82, 2.24) is 0 Å². The van der Waals surface area contributed by atoms with Crippen LogP contribution in [0.15, 0.2) is 176 Å². The Kier molecular flexibility index (Phi) is 9.09. The van der Waals surface area contributed by atoms with Crippen molar-refractivity contribution in [2.45, 2.75) is 0 Å². The Balaban J connectivity index is 0.00000397. The molecule has 0 aliphatic carbocycles. The normalized spacial score (nSPS) is 13.1. The summed E-state index contributed by atoms with van der Waals surface area (Å²) >= 11 is 0. The van der Waals surface area contributed by atoms with Gasteiger partial charge in [-0.05, 0) is 41.8 Å². The summed E-state index contributed by atoms with van der Waals surface area (Å²) in [5.74, 6) is 1.22. The third-order valence-electron chi connectivity index (χ3n) is 10.1. The average Bonchev–Trinajstić information content (AvgIpc) is 3.80. The van der Waals surface area contributed by atoms with E-state index in [1.54, 1.807) is 0 Å². The Morgan fingerprint density at radius 2 is 0.982 bits per heavy atom. The molecule has 266 valence electrons. The van der Waals surface area contributed by atoms with Crippen molar-refractivity contribution in [3.8, 4) is 33.8 Å². The van der Waals surface area contributed by atoms with Gasteiger partial charge in [-0.25, -0.2) is 0 Å². The van der Waals surface area contributed by atoms with Gasteiger partial charge in [-0.3, -0.25) is 0 Å². The molecular weight excluding hydrogens is 856 g/mol. The first-order chi connectivity index (χ1) is 26.7. The molecule has 0 spiro atoms. The minimum absolute atomic E-state index is 0. The zero-order valence-electron chi connectivity index (χ0n) is 29.9. The van der Waals surface area contributed by atoms with Crippen LogP contribution in [0.4, 0.5) is 39.8 Å². The second-order valence-electron chi connectivity index (χ2n) is 13.4. The molecule has 8 aromatic carbocycles. The molecule has 0 bridgehead atoms. The fraction of sp³-hybridized carbons (Fsp3) is 0.0204. The monoisotopic (exact) mass is 889 g/mol. The molecule has 2 aliphatic rings. The Labute approximate surface area is 336 Å². The summed E-state index contributed by atoms with van der Waals surface area (Å²) < 4.78 is 6.50. The van der Waals surface area contributed by atoms with Crippen LogP contribution >= 0.6 is 0 Å². The van der Waals surface area contributed by atoms with Crippen molar-refractivity contribution < 1.29 is 25.8 Å². The van der Waals surface area contributed by atoms with Gasteiger partial charge in [0.25, 0.3) is 0 Å². The van der Waals surface area contributed by atoms with Crippen LogP contribution in [0.2, 0.25) is 0 Å². The number of hydrogen-bond acceptors (Lipinski definition) is 5. The van der Waals surface area contributed by atoms with Crippen molar-refractivity contribution in [2.24, 2.45) is 0 Å². The van der Waals surface area contributed by atoms with Crippen molar-refractivity contribution >= 4 is 50.6 Å². The van der Waals surface area contributed by atoms with Crippen molar-refractivity contribution in [1.29, 1.82) is 0 Å². The van der Waals surface area contributed by atoms with Gasteiger partial charge in [-0.1, -0.05) is 121 Å². The number of anilines is 7. The van der Waals surface area contributed by atoms with Gasteiger partial charge in [0.2, 0.25) is 0 Å². The summed E-state index contributed by atoms with van der Waals surface area (Å²) in [7, 11) is 2.06. The molecule has 0 fully saturated rings. The Hall–Kier alpha value is -6.29. The molecule has 0 N–H and O–H groups in total. The molecule has 0 saturated heterocycles. The molecule has 2 aliphatic heterocycles. The zero-order chi connectivity index (χ0) is 36.0. The summed E-state index contributed by atoms with van der Waals surface area (Å²) in [6, 6.07) is 68.4. The molecule has 2 heterocycles. The predicted molar refractivity (Wildman–Crippen MR) is 222 cm³/mol. The largest absolute Gasteiger partial charge is 4.00 e. The van der Waals surface area contributed by atoms with Crippen LogP contribution in [0, 0.1) is 25.5 Å². The van der Waals surface area contributed by atoms with E-state index >= 15 is 0 Å². The molecule has 55 heavy (non-hydrogen) atoms. The van der Waals surface area contributed by atoms with Gasteiger partial charge in [0.1, 0.15) is 0 Å². The second-order valence-corrected chi connectivity index (χ2v) is 13.4. The third kappa shape index (κ3) is 6.21. The van der Waals surface area contributed by atoms with Crippen LogP contribution < -0.4 is 24.3 Å². The molecule has 0 amide bonds. The number of para-hydroxylation sites is 3. The van der Waals surface area contributed by atoms with Crippen molar-refractivity contribution in [2.75, 3.05) is 26.6 Å². The summed E-state index contributed by atoms with van der Waals surface area (Å²) in [5, 5.41) is 2.34. The van der Waals surface area contributed by atoms with Gasteiger partial charge in [0.15, 0.2) is 0 Å². The molecule has 6 heteroatoms. The van der Waals surface area contributed by atoms with Gasteiger partial charge < -0.3 is 24.3 Å². The van der Waals surface area contributed by atoms with E-state index in [-0.39, 0.29) is 21.1 Å². The van der Waals surface area contributed by atoms with E-state index in [1.807, 2.05) is 30.3 Å². The van der Waals surface area contributed by atoms with E-state index in [9.17, 15) is 0 Å². The van der Waals surface area contributed by atoms with Crippen molar-refractivity contribution in [3.63, 3.8) is 0 Å². The van der Waals surface area contributed by atoms with E-state index in [1.165, 1.54) is 10.8 Å². The summed E-state index contributed by atoms with van der Waals surface area (Å²) in [6.45, 7) is 4.27. The summed E-state index contributed by atoms with van der Waals surface area (Å²) in [4.78, 5) is 8.83. The average molecular weight is 890 g/mol. The minimum atomic E-state index is 0. The predicted octanol–water partition coefficient (Wildman–Crippen LogP) is 12.7. The molecule has 0 saturated carbocycles. The van der Waals surface area contributed by atoms with Gasteiger partial charge in [-0.2, -0.15) is 18.8 Å². The van der Waals surface area contributed by atoms with E-state index < -0.39 is 0 Å². The van der Waals surface area contributed by atoms with Crippen molar-refractivity contribution in [3.05, 3.63) is 201 Å². The molecule has 10 rings (SSSR count). The number of nitrogens with zero attached hydrogens (tertiary/aromatic N) is 4.